The first-order valence-corrected chi connectivity index (χ1v) is 26.6. The molecular formula is C51H70N6O12S. The summed E-state index contributed by atoms with van der Waals surface area (Å²) in [7, 11) is -4.05. The number of carbonyl (C=O) groups excluding carboxylic acids is 5. The Morgan fingerprint density at radius 1 is 0.957 bits per heavy atom. The lowest BCUT2D eigenvalue weighted by Crippen LogP contribution is -2.60. The number of pyridine rings is 1. The molecule has 9 rings (SSSR count). The third kappa shape index (κ3) is 10.2. The second kappa shape index (κ2) is 18.5. The van der Waals surface area contributed by atoms with E-state index in [1.54, 1.807) is 11.8 Å². The monoisotopic (exact) mass is 990 g/mol. The molecule has 7 aliphatic rings. The molecule has 4 bridgehead atoms. The Hall–Kier alpha value is -5.17. The number of nitrogens with zero attached hydrogens (tertiary/aromatic N) is 3. The normalized spacial score (nSPS) is 32.0. The van der Waals surface area contributed by atoms with Gasteiger partial charge in [-0.05, 0) is 96.1 Å². The van der Waals surface area contributed by atoms with Gasteiger partial charge in [0, 0.05) is 42.7 Å². The third-order valence-electron chi connectivity index (χ3n) is 15.3. The summed E-state index contributed by atoms with van der Waals surface area (Å²) in [5.41, 5.74) is -1.74. The van der Waals surface area contributed by atoms with Crippen LogP contribution in [-0.4, -0.2) is 132 Å². The number of rotatable bonds is 8. The fraction of sp³-hybridized carbons (Fsp3) is 0.686. The van der Waals surface area contributed by atoms with Crippen LogP contribution in [0.15, 0.2) is 36.9 Å². The molecule has 18 nitrogen and oxygen atoms in total. The van der Waals surface area contributed by atoms with Crippen LogP contribution in [0, 0.1) is 29.1 Å². The molecular weight excluding hydrogens is 921 g/mol. The summed E-state index contributed by atoms with van der Waals surface area (Å²) in [6.07, 6.45) is 4.59. The summed E-state index contributed by atoms with van der Waals surface area (Å²) in [5, 5.41) is 6.50. The van der Waals surface area contributed by atoms with Crippen LogP contribution >= 0.6 is 0 Å². The maximum atomic E-state index is 15.0. The highest BCUT2D eigenvalue weighted by atomic mass is 32.2. The second-order valence-corrected chi connectivity index (χ2v) is 25.3. The number of amides is 5. The summed E-state index contributed by atoms with van der Waals surface area (Å²) in [6, 6.07) is 5.35. The van der Waals surface area contributed by atoms with Crippen LogP contribution in [0.5, 0.6) is 11.6 Å². The number of para-hydroxylation sites is 1. The van der Waals surface area contributed by atoms with E-state index in [2.05, 4.69) is 21.9 Å². The van der Waals surface area contributed by atoms with Crippen molar-refractivity contribution in [1.82, 2.24) is 30.1 Å². The van der Waals surface area contributed by atoms with E-state index in [-0.39, 0.29) is 55.4 Å². The maximum Gasteiger partial charge on any atom is 0.410 e. The van der Waals surface area contributed by atoms with Crippen molar-refractivity contribution < 1.29 is 56.1 Å². The van der Waals surface area contributed by atoms with E-state index in [0.29, 0.717) is 62.7 Å². The smallest absolute Gasteiger partial charge is 0.410 e. The molecule has 3 saturated carbocycles. The first-order chi connectivity index (χ1) is 33.0. The van der Waals surface area contributed by atoms with Crippen molar-refractivity contribution in [3.05, 3.63) is 42.5 Å². The number of piperidine rings is 1. The van der Waals surface area contributed by atoms with Crippen LogP contribution in [0.1, 0.15) is 112 Å². The van der Waals surface area contributed by atoms with E-state index in [4.69, 9.17) is 28.7 Å². The average molecular weight is 991 g/mol. The number of carbonyl (C=O) groups is 5. The number of nitrogens with one attached hydrogen (secondary N) is 3. The van der Waals surface area contributed by atoms with Crippen LogP contribution in [0.2, 0.25) is 0 Å². The lowest BCUT2D eigenvalue weighted by molar-refractivity contribution is -0.142. The zero-order chi connectivity index (χ0) is 50.1. The van der Waals surface area contributed by atoms with Crippen LogP contribution in [0.3, 0.4) is 0 Å². The predicted octanol–water partition coefficient (Wildman–Crippen LogP) is 5.55. The van der Waals surface area contributed by atoms with Gasteiger partial charge in [0.05, 0.1) is 35.6 Å². The highest BCUT2D eigenvalue weighted by Crippen LogP contribution is 2.48. The number of benzene rings is 1. The molecule has 9 atom stereocenters. The van der Waals surface area contributed by atoms with E-state index in [0.717, 1.165) is 43.1 Å². The molecule has 382 valence electrons. The van der Waals surface area contributed by atoms with Crippen molar-refractivity contribution in [2.45, 2.75) is 159 Å². The summed E-state index contributed by atoms with van der Waals surface area (Å²) in [6.45, 7) is 17.9. The topological polar surface area (TPSA) is 221 Å². The Morgan fingerprint density at radius 2 is 1.67 bits per heavy atom. The van der Waals surface area contributed by atoms with Crippen LogP contribution in [-0.2, 0) is 45.0 Å². The minimum atomic E-state index is -4.05. The number of likely N-dealkylation sites (tertiary alicyclic amines) is 1. The first-order valence-electron chi connectivity index (χ1n) is 25.1. The van der Waals surface area contributed by atoms with E-state index in [1.807, 2.05) is 65.8 Å². The van der Waals surface area contributed by atoms with Gasteiger partial charge in [0.2, 0.25) is 27.7 Å². The van der Waals surface area contributed by atoms with Gasteiger partial charge < -0.3 is 44.1 Å². The van der Waals surface area contributed by atoms with Crippen LogP contribution < -0.4 is 24.8 Å². The maximum absolute atomic E-state index is 15.0. The lowest BCUT2D eigenvalue weighted by atomic mass is 9.84. The van der Waals surface area contributed by atoms with Gasteiger partial charge in [-0.3, -0.25) is 19.1 Å². The minimum absolute atomic E-state index is 0.0236. The number of sulfonamides is 1. The van der Waals surface area contributed by atoms with Gasteiger partial charge in [-0.25, -0.2) is 23.0 Å². The molecule has 19 heteroatoms. The molecule has 5 heterocycles. The molecule has 1 aromatic heterocycles. The molecule has 0 spiro atoms. The highest BCUT2D eigenvalue weighted by Gasteiger charge is 2.63. The predicted molar refractivity (Wildman–Crippen MR) is 257 cm³/mol. The van der Waals surface area contributed by atoms with Crippen molar-refractivity contribution in [1.29, 1.82) is 0 Å². The molecule has 3 saturated heterocycles. The standard InChI is InChI=1S/C51H70N6O12S/c1-9-32-23-51(32,45(60)55-70(63,64)50(8)19-20-50)54-42(58)37-22-33-26-57(37)44(59)41(48(2,3)4)53-46(61)67-38-21-29(38)15-11-10-12-17-35-40(34-16-13-14-18-36(34)52-43(35)66-33)68-39-30-24-56(25-31(39)28-65-27-30)47(62)69-49(5,6)7/h9,13-14,16,18,29-33,37-39,41H,1,10-12,15,17,19-28H2,2-8H3,(H,53,61)(H,54,58)(H,55,60)/t29-,30?,31?,32-,33-,37+,38-,39?,41-,51-/m1/s1. The van der Waals surface area contributed by atoms with E-state index >= 15 is 4.79 Å². The summed E-state index contributed by atoms with van der Waals surface area (Å²) in [5.74, 6) is -1.85. The lowest BCUT2D eigenvalue weighted by Gasteiger charge is -2.46. The molecule has 70 heavy (non-hydrogen) atoms. The molecule has 4 aliphatic heterocycles. The first kappa shape index (κ1) is 49.8. The van der Waals surface area contributed by atoms with Gasteiger partial charge in [-0.1, -0.05) is 51.8 Å². The summed E-state index contributed by atoms with van der Waals surface area (Å²) in [4.78, 5) is 78.8. The molecule has 1 aromatic carbocycles. The Balaban J connectivity index is 1.06. The SMILES string of the molecule is C=C[C@@H]1C[C@]1(NC(=O)[C@@H]1C[C@@H]2CN1C(=O)[C@H](C(C)(C)C)NC(=O)O[C@@H]1C[C@H]1CCCCCc1c(nc3ccccc3c1OC1C3COCC1CN(C(=O)OC(C)(C)C)C3)O2)C(=O)NS(=O)(=O)C1(C)CC1. The van der Waals surface area contributed by atoms with Gasteiger partial charge >= 0.3 is 12.2 Å². The minimum Gasteiger partial charge on any atom is -0.488 e. The highest BCUT2D eigenvalue weighted by molar-refractivity contribution is 7.91. The zero-order valence-corrected chi connectivity index (χ0v) is 42.4. The Morgan fingerprint density at radius 3 is 2.33 bits per heavy atom. The van der Waals surface area contributed by atoms with E-state index in [9.17, 15) is 27.6 Å². The van der Waals surface area contributed by atoms with Crippen molar-refractivity contribution in [2.75, 3.05) is 32.8 Å². The second-order valence-electron chi connectivity index (χ2n) is 23.1. The third-order valence-corrected chi connectivity index (χ3v) is 17.5. The van der Waals surface area contributed by atoms with Gasteiger partial charge in [0.15, 0.2) is 0 Å². The molecule has 5 amide bonds. The summed E-state index contributed by atoms with van der Waals surface area (Å²) < 4.78 is 59.6. The largest absolute Gasteiger partial charge is 0.488 e. The van der Waals surface area contributed by atoms with Gasteiger partial charge in [-0.2, -0.15) is 0 Å². The molecule has 2 aromatic rings. The molecule has 3 aliphatic carbocycles. The average Bonchev–Trinajstić information content (AvgIpc) is 4.24. The molecule has 6 fully saturated rings. The van der Waals surface area contributed by atoms with Crippen molar-refractivity contribution in [3.8, 4) is 11.6 Å². The number of alkyl carbamates (subject to hydrolysis) is 1. The number of aromatic nitrogens is 1. The van der Waals surface area contributed by atoms with Gasteiger partial charge in [0.1, 0.15) is 47.3 Å². The Labute approximate surface area is 410 Å². The van der Waals surface area contributed by atoms with Crippen molar-refractivity contribution in [2.24, 2.45) is 29.1 Å². The quantitative estimate of drug-likeness (QED) is 0.277. The van der Waals surface area contributed by atoms with Crippen molar-refractivity contribution in [3.63, 3.8) is 0 Å². The molecule has 0 radical (unpaired) electrons. The van der Waals surface area contributed by atoms with Crippen LogP contribution in [0.4, 0.5) is 9.59 Å². The summed E-state index contributed by atoms with van der Waals surface area (Å²) >= 11 is 0. The van der Waals surface area contributed by atoms with Crippen molar-refractivity contribution >= 4 is 50.8 Å². The fourth-order valence-corrected chi connectivity index (χ4v) is 12.0. The van der Waals surface area contributed by atoms with Gasteiger partial charge in [-0.15, -0.1) is 6.58 Å². The van der Waals surface area contributed by atoms with E-state index in [1.165, 1.54) is 11.0 Å². The zero-order valence-electron chi connectivity index (χ0n) is 41.5. The number of fused-ring (bicyclic) bond motifs is 7. The number of hydrogen-bond acceptors (Lipinski definition) is 13. The Kier molecular flexibility index (Phi) is 13.1. The molecule has 3 N–H and O–H groups in total. The number of hydrogen-bond donors (Lipinski definition) is 3. The molecule has 2 unspecified atom stereocenters. The number of ether oxygens (including phenoxy) is 5. The Bertz CT molecular complexity index is 2520. The van der Waals surface area contributed by atoms with Gasteiger partial charge in [0.25, 0.3) is 5.91 Å². The van der Waals surface area contributed by atoms with Crippen LogP contribution in [0.25, 0.3) is 10.9 Å². The fourth-order valence-electron chi connectivity index (χ4n) is 10.7. The van der Waals surface area contributed by atoms with E-state index < -0.39 is 79.2 Å².